The SMILES string of the molecule is O=C(CN1C(=O)N2CCCN=C2c2ccccc21)N1CCCC1. The summed E-state index contributed by atoms with van der Waals surface area (Å²) in [5.41, 5.74) is 1.74. The van der Waals surface area contributed by atoms with Crippen molar-refractivity contribution in [3.8, 4) is 0 Å². The fourth-order valence-corrected chi connectivity index (χ4v) is 3.52. The number of amidine groups is 1. The molecule has 3 heterocycles. The molecular formula is C17H20N4O2. The highest BCUT2D eigenvalue weighted by Crippen LogP contribution is 2.30. The zero-order valence-electron chi connectivity index (χ0n) is 13.1. The maximum Gasteiger partial charge on any atom is 0.330 e. The Morgan fingerprint density at radius 1 is 1.09 bits per heavy atom. The second-order valence-electron chi connectivity index (χ2n) is 6.18. The number of benzene rings is 1. The molecule has 3 aliphatic heterocycles. The van der Waals surface area contributed by atoms with Gasteiger partial charge in [-0.1, -0.05) is 12.1 Å². The first-order chi connectivity index (χ1) is 11.3. The van der Waals surface area contributed by atoms with Crippen LogP contribution in [0.25, 0.3) is 0 Å². The van der Waals surface area contributed by atoms with Gasteiger partial charge in [0.1, 0.15) is 12.4 Å². The van der Waals surface area contributed by atoms with Crippen LogP contribution in [-0.2, 0) is 4.79 Å². The summed E-state index contributed by atoms with van der Waals surface area (Å²) >= 11 is 0. The number of carbonyl (C=O) groups is 2. The minimum atomic E-state index is -0.130. The van der Waals surface area contributed by atoms with Gasteiger partial charge in [0.05, 0.1) is 5.69 Å². The molecule has 0 aliphatic carbocycles. The maximum absolute atomic E-state index is 12.9. The van der Waals surface area contributed by atoms with Crippen LogP contribution in [0.3, 0.4) is 0 Å². The van der Waals surface area contributed by atoms with Gasteiger partial charge in [0.2, 0.25) is 5.91 Å². The van der Waals surface area contributed by atoms with Crippen LogP contribution in [0.2, 0.25) is 0 Å². The first-order valence-electron chi connectivity index (χ1n) is 8.26. The minimum absolute atomic E-state index is 0.0306. The second-order valence-corrected chi connectivity index (χ2v) is 6.18. The summed E-state index contributed by atoms with van der Waals surface area (Å²) in [5.74, 6) is 0.782. The molecule has 1 saturated heterocycles. The van der Waals surface area contributed by atoms with Crippen LogP contribution in [0, 0.1) is 0 Å². The first kappa shape index (κ1) is 14.2. The monoisotopic (exact) mass is 312 g/mol. The third-order valence-corrected chi connectivity index (χ3v) is 4.71. The fourth-order valence-electron chi connectivity index (χ4n) is 3.52. The lowest BCUT2D eigenvalue weighted by Gasteiger charge is -2.39. The molecule has 0 saturated carbocycles. The molecule has 0 spiro atoms. The Morgan fingerprint density at radius 3 is 2.70 bits per heavy atom. The minimum Gasteiger partial charge on any atom is -0.341 e. The van der Waals surface area contributed by atoms with Crippen LogP contribution in [0.15, 0.2) is 29.3 Å². The molecule has 3 amide bonds. The highest BCUT2D eigenvalue weighted by atomic mass is 16.2. The highest BCUT2D eigenvalue weighted by Gasteiger charge is 2.37. The van der Waals surface area contributed by atoms with Gasteiger partial charge in [-0.25, -0.2) is 4.79 Å². The Balaban J connectivity index is 1.68. The third kappa shape index (κ3) is 2.38. The molecule has 120 valence electrons. The first-order valence-corrected chi connectivity index (χ1v) is 8.26. The Morgan fingerprint density at radius 2 is 1.87 bits per heavy atom. The van der Waals surface area contributed by atoms with Gasteiger partial charge in [-0.15, -0.1) is 0 Å². The molecule has 1 fully saturated rings. The van der Waals surface area contributed by atoms with Crippen molar-refractivity contribution in [3.05, 3.63) is 29.8 Å². The molecule has 6 heteroatoms. The van der Waals surface area contributed by atoms with Crippen molar-refractivity contribution in [2.45, 2.75) is 19.3 Å². The molecule has 0 bridgehead atoms. The summed E-state index contributed by atoms with van der Waals surface area (Å²) in [5, 5.41) is 0. The van der Waals surface area contributed by atoms with E-state index in [0.29, 0.717) is 6.54 Å². The molecule has 0 unspecified atom stereocenters. The summed E-state index contributed by atoms with van der Waals surface area (Å²) in [7, 11) is 0. The molecule has 0 radical (unpaired) electrons. The molecule has 1 aromatic rings. The fraction of sp³-hybridized carbons (Fsp3) is 0.471. The van der Waals surface area contributed by atoms with Crippen molar-refractivity contribution >= 4 is 23.5 Å². The van der Waals surface area contributed by atoms with Gasteiger partial charge in [0, 0.05) is 31.7 Å². The number of urea groups is 1. The number of fused-ring (bicyclic) bond motifs is 3. The molecular weight excluding hydrogens is 292 g/mol. The molecule has 3 aliphatic rings. The van der Waals surface area contributed by atoms with E-state index in [1.165, 1.54) is 0 Å². The van der Waals surface area contributed by atoms with Crippen molar-refractivity contribution < 1.29 is 9.59 Å². The average molecular weight is 312 g/mol. The van der Waals surface area contributed by atoms with E-state index in [0.717, 1.165) is 56.0 Å². The number of hydrogen-bond acceptors (Lipinski definition) is 3. The maximum atomic E-state index is 12.9. The van der Waals surface area contributed by atoms with E-state index in [4.69, 9.17) is 0 Å². The molecule has 0 N–H and O–H groups in total. The molecule has 4 rings (SSSR count). The number of aliphatic imine (C=N–C) groups is 1. The van der Waals surface area contributed by atoms with E-state index in [1.807, 2.05) is 29.2 Å². The number of nitrogens with zero attached hydrogens (tertiary/aromatic N) is 4. The summed E-state index contributed by atoms with van der Waals surface area (Å²) in [4.78, 5) is 35.1. The topological polar surface area (TPSA) is 56.2 Å². The van der Waals surface area contributed by atoms with Crippen LogP contribution >= 0.6 is 0 Å². The summed E-state index contributed by atoms with van der Waals surface area (Å²) in [6.07, 6.45) is 2.98. The second kappa shape index (κ2) is 5.68. The molecule has 6 nitrogen and oxygen atoms in total. The van der Waals surface area contributed by atoms with Gasteiger partial charge < -0.3 is 4.90 Å². The molecule has 1 aromatic carbocycles. The van der Waals surface area contributed by atoms with Crippen LogP contribution < -0.4 is 4.90 Å². The Labute approximate surface area is 135 Å². The average Bonchev–Trinajstić information content (AvgIpc) is 3.13. The number of hydrogen-bond donors (Lipinski definition) is 0. The van der Waals surface area contributed by atoms with E-state index >= 15 is 0 Å². The number of amides is 3. The number of carbonyl (C=O) groups excluding carboxylic acids is 2. The predicted molar refractivity (Wildman–Crippen MR) is 87.7 cm³/mol. The lowest BCUT2D eigenvalue weighted by molar-refractivity contribution is -0.128. The van der Waals surface area contributed by atoms with Crippen molar-refractivity contribution in [3.63, 3.8) is 0 Å². The highest BCUT2D eigenvalue weighted by molar-refractivity contribution is 6.20. The van der Waals surface area contributed by atoms with Crippen LogP contribution in [-0.4, -0.2) is 60.3 Å². The lowest BCUT2D eigenvalue weighted by atomic mass is 10.1. The van der Waals surface area contributed by atoms with E-state index in [9.17, 15) is 9.59 Å². The normalized spacial score (nSPS) is 20.3. The van der Waals surface area contributed by atoms with E-state index < -0.39 is 0 Å². The van der Waals surface area contributed by atoms with Gasteiger partial charge in [0.25, 0.3) is 0 Å². The predicted octanol–water partition coefficient (Wildman–Crippen LogP) is 1.70. The van der Waals surface area contributed by atoms with Crippen molar-refractivity contribution in [1.82, 2.24) is 9.80 Å². The van der Waals surface area contributed by atoms with Crippen molar-refractivity contribution in [1.29, 1.82) is 0 Å². The summed E-state index contributed by atoms with van der Waals surface area (Å²) in [6, 6.07) is 7.60. The van der Waals surface area contributed by atoms with E-state index in [1.54, 1.807) is 9.80 Å². The van der Waals surface area contributed by atoms with Gasteiger partial charge >= 0.3 is 6.03 Å². The van der Waals surface area contributed by atoms with Gasteiger partial charge in [-0.05, 0) is 31.4 Å². The van der Waals surface area contributed by atoms with Crippen molar-refractivity contribution in [2.75, 3.05) is 37.6 Å². The number of anilines is 1. The van der Waals surface area contributed by atoms with Crippen LogP contribution in [0.4, 0.5) is 10.5 Å². The zero-order valence-corrected chi connectivity index (χ0v) is 13.1. The summed E-state index contributed by atoms with van der Waals surface area (Å²) < 4.78 is 0. The van der Waals surface area contributed by atoms with Crippen molar-refractivity contribution in [2.24, 2.45) is 4.99 Å². The van der Waals surface area contributed by atoms with E-state index in [2.05, 4.69) is 4.99 Å². The van der Waals surface area contributed by atoms with E-state index in [-0.39, 0.29) is 18.5 Å². The summed E-state index contributed by atoms with van der Waals surface area (Å²) in [6.45, 7) is 3.14. The van der Waals surface area contributed by atoms with Crippen LogP contribution in [0.5, 0.6) is 0 Å². The molecule has 0 atom stereocenters. The number of likely N-dealkylation sites (tertiary alicyclic amines) is 1. The quantitative estimate of drug-likeness (QED) is 0.834. The molecule has 23 heavy (non-hydrogen) atoms. The van der Waals surface area contributed by atoms with Gasteiger partial charge in [-0.2, -0.15) is 0 Å². The van der Waals surface area contributed by atoms with Gasteiger partial charge in [-0.3, -0.25) is 19.6 Å². The van der Waals surface area contributed by atoms with Gasteiger partial charge in [0.15, 0.2) is 0 Å². The smallest absolute Gasteiger partial charge is 0.330 e. The Bertz CT molecular complexity index is 679. The largest absolute Gasteiger partial charge is 0.341 e. The Hall–Kier alpha value is -2.37. The number of rotatable bonds is 2. The number of para-hydroxylation sites is 1. The van der Waals surface area contributed by atoms with Crippen LogP contribution in [0.1, 0.15) is 24.8 Å². The standard InChI is InChI=1S/C17H20N4O2/c22-15(19-9-3-4-10-19)12-21-14-7-2-1-6-13(14)16-18-8-5-11-20(16)17(21)23/h1-2,6-7H,3-5,8-12H2. The third-order valence-electron chi connectivity index (χ3n) is 4.71. The lowest BCUT2D eigenvalue weighted by Crippen LogP contribution is -2.55. The molecule has 0 aromatic heterocycles. The zero-order chi connectivity index (χ0) is 15.8. The Kier molecular flexibility index (Phi) is 3.52.